The molecule has 0 radical (unpaired) electrons. The minimum atomic E-state index is -0.606. The van der Waals surface area contributed by atoms with Crippen molar-refractivity contribution in [2.45, 2.75) is 6.04 Å². The topological polar surface area (TPSA) is 84.6 Å². The van der Waals surface area contributed by atoms with Crippen molar-refractivity contribution in [2.75, 3.05) is 0 Å². The fraction of sp³-hybridized carbons (Fsp3) is 0.125. The molecular weight excluding hydrogens is 170 g/mol. The van der Waals surface area contributed by atoms with Crippen molar-refractivity contribution >= 4 is 17.9 Å². The monoisotopic (exact) mass is 177 g/mol. The Morgan fingerprint density at radius 3 is 2.92 bits per heavy atom. The van der Waals surface area contributed by atoms with Gasteiger partial charge in [-0.25, -0.2) is 0 Å². The summed E-state index contributed by atoms with van der Waals surface area (Å²) < 4.78 is 0. The Hall–Kier alpha value is -1.91. The molecule has 0 fully saturated rings. The first-order chi connectivity index (χ1) is 6.16. The van der Waals surface area contributed by atoms with Crippen LogP contribution in [0.15, 0.2) is 28.5 Å². The number of aliphatic imine (C=N–C) groups is 1. The number of carbonyl (C=O) groups is 2. The van der Waals surface area contributed by atoms with Gasteiger partial charge in [0.1, 0.15) is 0 Å². The highest BCUT2D eigenvalue weighted by Crippen LogP contribution is 2.15. The van der Waals surface area contributed by atoms with Gasteiger partial charge >= 0.3 is 0 Å². The fourth-order valence-corrected chi connectivity index (χ4v) is 1.27. The summed E-state index contributed by atoms with van der Waals surface area (Å²) in [4.78, 5) is 25.9. The second kappa shape index (κ2) is 2.55. The van der Waals surface area contributed by atoms with E-state index in [2.05, 4.69) is 10.3 Å². The molecule has 66 valence electrons. The van der Waals surface area contributed by atoms with Crippen molar-refractivity contribution in [3.8, 4) is 0 Å². The molecule has 1 aliphatic carbocycles. The fourth-order valence-electron chi connectivity index (χ4n) is 1.27. The second-order valence-electron chi connectivity index (χ2n) is 2.82. The third-order valence-corrected chi connectivity index (χ3v) is 1.80. The highest BCUT2D eigenvalue weighted by Gasteiger charge is 2.27. The van der Waals surface area contributed by atoms with Crippen LogP contribution in [-0.2, 0) is 9.59 Å². The molecule has 1 heterocycles. The summed E-state index contributed by atoms with van der Waals surface area (Å²) >= 11 is 0. The van der Waals surface area contributed by atoms with Gasteiger partial charge in [-0.1, -0.05) is 0 Å². The Kier molecular flexibility index (Phi) is 1.51. The summed E-state index contributed by atoms with van der Waals surface area (Å²) in [6.45, 7) is 0. The largest absolute Gasteiger partial charge is 0.399 e. The smallest absolute Gasteiger partial charge is 0.266 e. The normalized spacial score (nSPS) is 26.0. The third kappa shape index (κ3) is 1.24. The number of fused-ring (bicyclic) bond motifs is 1. The van der Waals surface area contributed by atoms with Crippen LogP contribution in [0.3, 0.4) is 0 Å². The van der Waals surface area contributed by atoms with E-state index in [1.165, 1.54) is 6.08 Å². The summed E-state index contributed by atoms with van der Waals surface area (Å²) in [5.74, 6) is -0.531. The molecule has 0 aromatic rings. The lowest BCUT2D eigenvalue weighted by Crippen LogP contribution is -2.40. The highest BCUT2D eigenvalue weighted by molar-refractivity contribution is 6.28. The zero-order valence-corrected chi connectivity index (χ0v) is 6.65. The minimum absolute atomic E-state index is 0.203. The van der Waals surface area contributed by atoms with Crippen molar-refractivity contribution < 1.29 is 9.59 Å². The van der Waals surface area contributed by atoms with Gasteiger partial charge in [0, 0.05) is 11.8 Å². The van der Waals surface area contributed by atoms with E-state index in [0.29, 0.717) is 11.4 Å². The molecule has 3 N–H and O–H groups in total. The maximum atomic E-state index is 11.3. The molecule has 5 heteroatoms. The molecule has 0 bridgehead atoms. The number of hydrogen-bond acceptors (Lipinski definition) is 4. The number of nitrogens with zero attached hydrogens (tertiary/aromatic N) is 1. The number of ketones is 1. The lowest BCUT2D eigenvalue weighted by molar-refractivity contribution is -0.116. The molecule has 13 heavy (non-hydrogen) atoms. The lowest BCUT2D eigenvalue weighted by Gasteiger charge is -2.21. The zero-order chi connectivity index (χ0) is 9.42. The van der Waals surface area contributed by atoms with Crippen molar-refractivity contribution in [3.05, 3.63) is 23.5 Å². The Morgan fingerprint density at radius 1 is 1.38 bits per heavy atom. The van der Waals surface area contributed by atoms with Gasteiger partial charge in [-0.05, 0) is 6.08 Å². The lowest BCUT2D eigenvalue weighted by atomic mass is 10.0. The summed E-state index contributed by atoms with van der Waals surface area (Å²) in [6, 6.07) is -0.606. The third-order valence-electron chi connectivity index (χ3n) is 1.80. The van der Waals surface area contributed by atoms with Crippen LogP contribution in [0.1, 0.15) is 0 Å². The number of carbonyl (C=O) groups excluding carboxylic acids is 2. The SMILES string of the molecule is NC1=CC(=O)C2N=CC(=O)NC2=C1. The van der Waals surface area contributed by atoms with Crippen LogP contribution in [0.5, 0.6) is 0 Å². The zero-order valence-electron chi connectivity index (χ0n) is 6.65. The summed E-state index contributed by atoms with van der Waals surface area (Å²) in [6.07, 6.45) is 3.96. The number of hydrogen-bond donors (Lipinski definition) is 2. The Bertz CT molecular complexity index is 379. The predicted octanol–water partition coefficient (Wildman–Crippen LogP) is -1.14. The van der Waals surface area contributed by atoms with Gasteiger partial charge in [-0.2, -0.15) is 0 Å². The molecule has 1 amide bonds. The Morgan fingerprint density at radius 2 is 2.15 bits per heavy atom. The van der Waals surface area contributed by atoms with E-state index in [-0.39, 0.29) is 11.7 Å². The van der Waals surface area contributed by atoms with Gasteiger partial charge in [0.2, 0.25) is 0 Å². The van der Waals surface area contributed by atoms with Gasteiger partial charge in [0.05, 0.1) is 11.9 Å². The van der Waals surface area contributed by atoms with Gasteiger partial charge in [-0.15, -0.1) is 0 Å². The van der Waals surface area contributed by atoms with Crippen molar-refractivity contribution in [3.63, 3.8) is 0 Å². The van der Waals surface area contributed by atoms with Crippen molar-refractivity contribution in [1.82, 2.24) is 5.32 Å². The Labute approximate surface area is 74.0 Å². The molecule has 0 spiro atoms. The number of rotatable bonds is 0. The molecule has 0 saturated heterocycles. The van der Waals surface area contributed by atoms with Crippen LogP contribution in [0.4, 0.5) is 0 Å². The number of nitrogens with two attached hydrogens (primary N) is 1. The van der Waals surface area contributed by atoms with Gasteiger partial charge in [0.15, 0.2) is 11.8 Å². The molecule has 1 atom stereocenters. The number of allylic oxidation sites excluding steroid dienone is 1. The van der Waals surface area contributed by atoms with Crippen LogP contribution in [0.2, 0.25) is 0 Å². The molecule has 0 aromatic carbocycles. The minimum Gasteiger partial charge on any atom is -0.399 e. The van der Waals surface area contributed by atoms with E-state index in [1.54, 1.807) is 6.08 Å². The van der Waals surface area contributed by atoms with E-state index in [1.807, 2.05) is 0 Å². The van der Waals surface area contributed by atoms with Crippen LogP contribution in [0.25, 0.3) is 0 Å². The second-order valence-corrected chi connectivity index (χ2v) is 2.82. The van der Waals surface area contributed by atoms with E-state index in [0.717, 1.165) is 6.21 Å². The van der Waals surface area contributed by atoms with Gasteiger partial charge in [-0.3, -0.25) is 14.6 Å². The maximum absolute atomic E-state index is 11.3. The van der Waals surface area contributed by atoms with Crippen molar-refractivity contribution in [2.24, 2.45) is 10.7 Å². The molecule has 5 nitrogen and oxygen atoms in total. The number of nitrogens with one attached hydrogen (secondary N) is 1. The van der Waals surface area contributed by atoms with E-state index in [4.69, 9.17) is 5.73 Å². The summed E-state index contributed by atoms with van der Waals surface area (Å²) in [7, 11) is 0. The first kappa shape index (κ1) is 7.72. The number of amides is 1. The van der Waals surface area contributed by atoms with Crippen LogP contribution in [-0.4, -0.2) is 23.9 Å². The summed E-state index contributed by atoms with van der Waals surface area (Å²) in [5, 5.41) is 2.51. The predicted molar refractivity (Wildman–Crippen MR) is 45.8 cm³/mol. The molecule has 2 rings (SSSR count). The highest BCUT2D eigenvalue weighted by atomic mass is 16.2. The quantitative estimate of drug-likeness (QED) is 0.490. The average molecular weight is 177 g/mol. The molecule has 2 aliphatic rings. The van der Waals surface area contributed by atoms with Crippen molar-refractivity contribution in [1.29, 1.82) is 0 Å². The molecular formula is C8H7N3O2. The van der Waals surface area contributed by atoms with Crippen LogP contribution >= 0.6 is 0 Å². The van der Waals surface area contributed by atoms with Gasteiger partial charge in [0.25, 0.3) is 5.91 Å². The summed E-state index contributed by atoms with van der Waals surface area (Å²) in [5.41, 5.74) is 6.24. The molecule has 1 aliphatic heterocycles. The van der Waals surface area contributed by atoms with Gasteiger partial charge < -0.3 is 11.1 Å². The Balaban J connectivity index is 2.42. The first-order valence-corrected chi connectivity index (χ1v) is 3.73. The first-order valence-electron chi connectivity index (χ1n) is 3.73. The van der Waals surface area contributed by atoms with E-state index < -0.39 is 6.04 Å². The van der Waals surface area contributed by atoms with E-state index >= 15 is 0 Å². The molecule has 0 aromatic heterocycles. The van der Waals surface area contributed by atoms with Crippen LogP contribution in [0, 0.1) is 0 Å². The molecule has 1 unspecified atom stereocenters. The van der Waals surface area contributed by atoms with E-state index in [9.17, 15) is 9.59 Å². The maximum Gasteiger partial charge on any atom is 0.266 e. The average Bonchev–Trinajstić information content (AvgIpc) is 2.02. The standard InChI is InChI=1S/C8H7N3O2/c9-4-1-5-8(6(12)2-4)10-3-7(13)11-5/h1-3,8H,9H2,(H,11,13). The van der Waals surface area contributed by atoms with Crippen LogP contribution < -0.4 is 11.1 Å². The molecule has 0 saturated carbocycles.